The molecular formula is C11H20N2O5. The van der Waals surface area contributed by atoms with Crippen LogP contribution < -0.4 is 0 Å². The Bertz CT molecular complexity index is 310. The summed E-state index contributed by atoms with van der Waals surface area (Å²) in [6, 6.07) is -0.325. The number of nitrogens with zero attached hydrogens (tertiary/aromatic N) is 2. The van der Waals surface area contributed by atoms with E-state index in [-0.39, 0.29) is 31.8 Å². The van der Waals surface area contributed by atoms with Crippen molar-refractivity contribution >= 4 is 12.0 Å². The fourth-order valence-corrected chi connectivity index (χ4v) is 1.98. The molecule has 0 bridgehead atoms. The maximum atomic E-state index is 12.1. The van der Waals surface area contributed by atoms with Crippen LogP contribution >= 0.6 is 0 Å². The molecule has 0 aliphatic carbocycles. The highest BCUT2D eigenvalue weighted by Gasteiger charge is 2.30. The molecule has 2 unspecified atom stereocenters. The largest absolute Gasteiger partial charge is 0.480 e. The first-order valence-corrected chi connectivity index (χ1v) is 5.99. The number of carbonyl (C=O) groups excluding carboxylic acids is 1. The summed E-state index contributed by atoms with van der Waals surface area (Å²) in [5, 5.41) is 17.8. The monoisotopic (exact) mass is 260 g/mol. The molecule has 1 aliphatic heterocycles. The zero-order valence-corrected chi connectivity index (χ0v) is 10.7. The van der Waals surface area contributed by atoms with Gasteiger partial charge in [0.1, 0.15) is 6.54 Å². The van der Waals surface area contributed by atoms with Crippen molar-refractivity contribution in [2.75, 3.05) is 32.8 Å². The Hall–Kier alpha value is -1.34. The molecular weight excluding hydrogens is 240 g/mol. The van der Waals surface area contributed by atoms with Gasteiger partial charge in [-0.2, -0.15) is 0 Å². The van der Waals surface area contributed by atoms with E-state index in [4.69, 9.17) is 14.9 Å². The third-order valence-corrected chi connectivity index (χ3v) is 2.78. The maximum Gasteiger partial charge on any atom is 0.323 e. The lowest BCUT2D eigenvalue weighted by molar-refractivity contribution is -0.138. The van der Waals surface area contributed by atoms with Crippen molar-refractivity contribution in [1.29, 1.82) is 0 Å². The number of hydrogen-bond acceptors (Lipinski definition) is 4. The second kappa shape index (κ2) is 6.55. The minimum absolute atomic E-state index is 0.154. The third-order valence-electron chi connectivity index (χ3n) is 2.78. The SMILES string of the molecule is CCN(CC(=O)O)C(=O)N1CC(C)OC(CO)C1. The van der Waals surface area contributed by atoms with Crippen LogP contribution in [0.15, 0.2) is 0 Å². The molecule has 1 aliphatic rings. The summed E-state index contributed by atoms with van der Waals surface area (Å²) in [6.07, 6.45) is -0.565. The number of aliphatic hydroxyl groups excluding tert-OH is 1. The molecule has 2 N–H and O–H groups in total. The van der Waals surface area contributed by atoms with Crippen LogP contribution in [0.25, 0.3) is 0 Å². The third kappa shape index (κ3) is 3.85. The van der Waals surface area contributed by atoms with Gasteiger partial charge in [0.05, 0.1) is 25.4 Å². The van der Waals surface area contributed by atoms with E-state index < -0.39 is 12.1 Å². The molecule has 7 heteroatoms. The highest BCUT2D eigenvalue weighted by Crippen LogP contribution is 2.12. The van der Waals surface area contributed by atoms with Crippen molar-refractivity contribution in [3.05, 3.63) is 0 Å². The van der Waals surface area contributed by atoms with Crippen molar-refractivity contribution in [1.82, 2.24) is 9.80 Å². The average Bonchev–Trinajstić information content (AvgIpc) is 2.34. The maximum absolute atomic E-state index is 12.1. The number of carbonyl (C=O) groups is 2. The van der Waals surface area contributed by atoms with E-state index in [1.807, 2.05) is 6.92 Å². The molecule has 0 aromatic carbocycles. The average molecular weight is 260 g/mol. The molecule has 0 radical (unpaired) electrons. The van der Waals surface area contributed by atoms with Crippen LogP contribution in [0.3, 0.4) is 0 Å². The van der Waals surface area contributed by atoms with Gasteiger partial charge < -0.3 is 24.7 Å². The van der Waals surface area contributed by atoms with Gasteiger partial charge in [-0.1, -0.05) is 0 Å². The summed E-state index contributed by atoms with van der Waals surface area (Å²) in [4.78, 5) is 25.6. The van der Waals surface area contributed by atoms with Crippen LogP contribution in [-0.4, -0.2) is 77.0 Å². The number of carboxylic acid groups (broad SMARTS) is 1. The number of carboxylic acids is 1. The van der Waals surface area contributed by atoms with Gasteiger partial charge in [-0.3, -0.25) is 4.79 Å². The van der Waals surface area contributed by atoms with Crippen LogP contribution in [0.4, 0.5) is 4.79 Å². The standard InChI is InChI=1S/C11H20N2O5/c1-3-12(6-10(15)16)11(17)13-4-8(2)18-9(5-13)7-14/h8-9,14H,3-7H2,1-2H3,(H,15,16). The topological polar surface area (TPSA) is 90.3 Å². The van der Waals surface area contributed by atoms with Crippen molar-refractivity contribution in [2.45, 2.75) is 26.1 Å². The number of aliphatic carboxylic acids is 1. The number of rotatable bonds is 4. The van der Waals surface area contributed by atoms with E-state index in [1.165, 1.54) is 9.80 Å². The van der Waals surface area contributed by atoms with Gasteiger partial charge in [-0.15, -0.1) is 0 Å². The van der Waals surface area contributed by atoms with E-state index >= 15 is 0 Å². The number of urea groups is 1. The lowest BCUT2D eigenvalue weighted by Gasteiger charge is -2.38. The highest BCUT2D eigenvalue weighted by atomic mass is 16.5. The van der Waals surface area contributed by atoms with E-state index in [9.17, 15) is 9.59 Å². The van der Waals surface area contributed by atoms with E-state index in [2.05, 4.69) is 0 Å². The molecule has 104 valence electrons. The number of morpholine rings is 1. The summed E-state index contributed by atoms with van der Waals surface area (Å²) < 4.78 is 5.43. The molecule has 7 nitrogen and oxygen atoms in total. The summed E-state index contributed by atoms with van der Waals surface area (Å²) in [7, 11) is 0. The minimum Gasteiger partial charge on any atom is -0.480 e. The normalized spacial score (nSPS) is 23.8. The molecule has 2 amide bonds. The summed E-state index contributed by atoms with van der Waals surface area (Å²) in [6.45, 7) is 4.11. The van der Waals surface area contributed by atoms with Gasteiger partial charge in [0, 0.05) is 13.1 Å². The van der Waals surface area contributed by atoms with Crippen LogP contribution in [-0.2, 0) is 9.53 Å². The predicted molar refractivity (Wildman–Crippen MR) is 63.3 cm³/mol. The van der Waals surface area contributed by atoms with Gasteiger partial charge >= 0.3 is 12.0 Å². The van der Waals surface area contributed by atoms with Gasteiger partial charge in [0.15, 0.2) is 0 Å². The Morgan fingerprint density at radius 3 is 2.61 bits per heavy atom. The molecule has 0 spiro atoms. The van der Waals surface area contributed by atoms with Crippen LogP contribution in [0.5, 0.6) is 0 Å². The number of hydrogen-bond donors (Lipinski definition) is 2. The zero-order valence-electron chi connectivity index (χ0n) is 10.7. The molecule has 1 saturated heterocycles. The minimum atomic E-state index is -1.04. The molecule has 0 aromatic heterocycles. The van der Waals surface area contributed by atoms with Crippen molar-refractivity contribution in [3.63, 3.8) is 0 Å². The quantitative estimate of drug-likeness (QED) is 0.717. The second-order valence-corrected chi connectivity index (χ2v) is 4.35. The molecule has 18 heavy (non-hydrogen) atoms. The summed E-state index contributed by atoms with van der Waals surface area (Å²) in [5.74, 6) is -1.04. The number of aliphatic hydroxyl groups is 1. The lowest BCUT2D eigenvalue weighted by Crippen LogP contribution is -2.54. The summed E-state index contributed by atoms with van der Waals surface area (Å²) >= 11 is 0. The molecule has 2 atom stereocenters. The Balaban J connectivity index is 2.65. The Labute approximate surface area is 106 Å². The van der Waals surface area contributed by atoms with Crippen LogP contribution in [0.1, 0.15) is 13.8 Å². The smallest absolute Gasteiger partial charge is 0.323 e. The van der Waals surface area contributed by atoms with E-state index in [0.717, 1.165) is 0 Å². The van der Waals surface area contributed by atoms with Gasteiger partial charge in [-0.25, -0.2) is 4.79 Å². The number of ether oxygens (including phenoxy) is 1. The number of likely N-dealkylation sites (N-methyl/N-ethyl adjacent to an activating group) is 1. The fraction of sp³-hybridized carbons (Fsp3) is 0.818. The fourth-order valence-electron chi connectivity index (χ4n) is 1.98. The first kappa shape index (κ1) is 14.7. The Morgan fingerprint density at radius 1 is 1.44 bits per heavy atom. The lowest BCUT2D eigenvalue weighted by atomic mass is 10.2. The van der Waals surface area contributed by atoms with E-state index in [0.29, 0.717) is 13.1 Å². The van der Waals surface area contributed by atoms with Gasteiger partial charge in [0.2, 0.25) is 0 Å². The molecule has 0 saturated carbocycles. The first-order valence-electron chi connectivity index (χ1n) is 5.99. The highest BCUT2D eigenvalue weighted by molar-refractivity contribution is 5.80. The predicted octanol–water partition coefficient (Wildman–Crippen LogP) is -0.405. The molecule has 1 rings (SSSR count). The molecule has 0 aromatic rings. The van der Waals surface area contributed by atoms with Crippen molar-refractivity contribution < 1.29 is 24.5 Å². The van der Waals surface area contributed by atoms with Crippen molar-refractivity contribution in [3.8, 4) is 0 Å². The molecule has 1 fully saturated rings. The van der Waals surface area contributed by atoms with Crippen molar-refractivity contribution in [2.24, 2.45) is 0 Å². The van der Waals surface area contributed by atoms with Gasteiger partial charge in [-0.05, 0) is 13.8 Å². The van der Waals surface area contributed by atoms with Gasteiger partial charge in [0.25, 0.3) is 0 Å². The second-order valence-electron chi connectivity index (χ2n) is 4.35. The van der Waals surface area contributed by atoms with Crippen LogP contribution in [0, 0.1) is 0 Å². The molecule has 1 heterocycles. The van der Waals surface area contributed by atoms with Crippen LogP contribution in [0.2, 0.25) is 0 Å². The number of amides is 2. The Morgan fingerprint density at radius 2 is 2.11 bits per heavy atom. The Kier molecular flexibility index (Phi) is 5.36. The first-order chi connectivity index (χ1) is 8.47. The summed E-state index contributed by atoms with van der Waals surface area (Å²) in [5.41, 5.74) is 0. The van der Waals surface area contributed by atoms with E-state index in [1.54, 1.807) is 6.92 Å². The zero-order chi connectivity index (χ0) is 13.7.